The molecule has 2 rings (SSSR count). The average Bonchev–Trinajstić information content (AvgIpc) is 2.34. The fourth-order valence-corrected chi connectivity index (χ4v) is 1.81. The van der Waals surface area contributed by atoms with E-state index < -0.39 is 11.6 Å². The number of rotatable bonds is 3. The van der Waals surface area contributed by atoms with Gasteiger partial charge < -0.3 is 4.74 Å². The van der Waals surface area contributed by atoms with E-state index in [1.807, 2.05) is 0 Å². The second-order valence-corrected chi connectivity index (χ2v) is 4.79. The number of hydrogen-bond acceptors (Lipinski definition) is 2. The maximum absolute atomic E-state index is 13.7. The van der Waals surface area contributed by atoms with Crippen molar-refractivity contribution in [3.8, 4) is 11.5 Å². The minimum Gasteiger partial charge on any atom is -0.451 e. The standard InChI is InChI=1S/C14H9BrF2O2/c1-8(18)9-2-4-13(11(16)6-9)19-14-5-3-10(15)7-12(14)17/h2-7H,1H3. The molecule has 19 heavy (non-hydrogen) atoms. The van der Waals surface area contributed by atoms with Crippen LogP contribution in [-0.2, 0) is 0 Å². The maximum Gasteiger partial charge on any atom is 0.166 e. The van der Waals surface area contributed by atoms with Crippen LogP contribution in [0.5, 0.6) is 11.5 Å². The lowest BCUT2D eigenvalue weighted by atomic mass is 10.1. The third kappa shape index (κ3) is 3.17. The molecule has 0 atom stereocenters. The third-order valence-electron chi connectivity index (χ3n) is 2.45. The minimum absolute atomic E-state index is 0.0855. The van der Waals surface area contributed by atoms with E-state index in [1.165, 1.54) is 31.2 Å². The van der Waals surface area contributed by atoms with Crippen LogP contribution in [0.15, 0.2) is 40.9 Å². The van der Waals surface area contributed by atoms with Gasteiger partial charge >= 0.3 is 0 Å². The van der Waals surface area contributed by atoms with Gasteiger partial charge in [0.05, 0.1) is 0 Å². The molecule has 0 aliphatic carbocycles. The van der Waals surface area contributed by atoms with Gasteiger partial charge in [0.2, 0.25) is 0 Å². The molecule has 2 aromatic carbocycles. The first-order valence-corrected chi connectivity index (χ1v) is 6.20. The van der Waals surface area contributed by atoms with E-state index in [0.717, 1.165) is 6.07 Å². The molecule has 0 saturated heterocycles. The van der Waals surface area contributed by atoms with E-state index in [9.17, 15) is 13.6 Å². The second-order valence-electron chi connectivity index (χ2n) is 3.88. The van der Waals surface area contributed by atoms with Gasteiger partial charge in [0.1, 0.15) is 0 Å². The zero-order valence-corrected chi connectivity index (χ0v) is 11.5. The van der Waals surface area contributed by atoms with Gasteiger partial charge in [-0.25, -0.2) is 8.78 Å². The lowest BCUT2D eigenvalue weighted by molar-refractivity contribution is 0.101. The number of ketones is 1. The van der Waals surface area contributed by atoms with Crippen molar-refractivity contribution in [1.82, 2.24) is 0 Å². The predicted octanol–water partition coefficient (Wildman–Crippen LogP) is 4.72. The summed E-state index contributed by atoms with van der Waals surface area (Å²) in [6.45, 7) is 1.34. The van der Waals surface area contributed by atoms with Gasteiger partial charge in [-0.3, -0.25) is 4.79 Å². The zero-order valence-electron chi connectivity index (χ0n) is 9.91. The van der Waals surface area contributed by atoms with Gasteiger partial charge in [0.25, 0.3) is 0 Å². The molecule has 2 nitrogen and oxygen atoms in total. The Kier molecular flexibility index (Phi) is 3.95. The van der Waals surface area contributed by atoms with Gasteiger partial charge in [-0.05, 0) is 43.3 Å². The molecule has 0 aliphatic rings. The summed E-state index contributed by atoms with van der Waals surface area (Å²) in [6.07, 6.45) is 0. The molecule has 0 spiro atoms. The Bertz CT molecular complexity index is 641. The van der Waals surface area contributed by atoms with Crippen LogP contribution in [0.3, 0.4) is 0 Å². The van der Waals surface area contributed by atoms with Crippen LogP contribution in [0.1, 0.15) is 17.3 Å². The predicted molar refractivity (Wildman–Crippen MR) is 70.6 cm³/mol. The fraction of sp³-hybridized carbons (Fsp3) is 0.0714. The quantitative estimate of drug-likeness (QED) is 0.763. The largest absolute Gasteiger partial charge is 0.451 e. The first kappa shape index (κ1) is 13.7. The summed E-state index contributed by atoms with van der Waals surface area (Å²) in [5.41, 5.74) is 0.237. The summed E-state index contributed by atoms with van der Waals surface area (Å²) < 4.78 is 32.9. The molecule has 98 valence electrons. The molecule has 0 aliphatic heterocycles. The van der Waals surface area contributed by atoms with Crippen LogP contribution in [0, 0.1) is 11.6 Å². The average molecular weight is 327 g/mol. The van der Waals surface area contributed by atoms with Crippen molar-refractivity contribution < 1.29 is 18.3 Å². The number of ether oxygens (including phenoxy) is 1. The molecule has 0 saturated carbocycles. The molecule has 0 unspecified atom stereocenters. The lowest BCUT2D eigenvalue weighted by Crippen LogP contribution is -1.96. The van der Waals surface area contributed by atoms with E-state index in [0.29, 0.717) is 4.47 Å². The summed E-state index contributed by atoms with van der Waals surface area (Å²) in [6, 6.07) is 7.98. The summed E-state index contributed by atoms with van der Waals surface area (Å²) in [4.78, 5) is 11.1. The molecule has 0 N–H and O–H groups in total. The van der Waals surface area contributed by atoms with Crippen molar-refractivity contribution in [3.63, 3.8) is 0 Å². The number of benzene rings is 2. The smallest absolute Gasteiger partial charge is 0.166 e. The topological polar surface area (TPSA) is 26.3 Å². The number of carbonyl (C=O) groups is 1. The molecule has 0 aromatic heterocycles. The normalized spacial score (nSPS) is 10.3. The third-order valence-corrected chi connectivity index (χ3v) is 2.95. The maximum atomic E-state index is 13.7. The molecule has 0 fully saturated rings. The molecule has 0 radical (unpaired) electrons. The fourth-order valence-electron chi connectivity index (χ4n) is 1.48. The van der Waals surface area contributed by atoms with Gasteiger partial charge in [-0.15, -0.1) is 0 Å². The Hall–Kier alpha value is -1.75. The van der Waals surface area contributed by atoms with Crippen LogP contribution in [0.2, 0.25) is 0 Å². The molecular weight excluding hydrogens is 318 g/mol. The molecule has 0 bridgehead atoms. The second kappa shape index (κ2) is 5.48. The van der Waals surface area contributed by atoms with Crippen molar-refractivity contribution in [1.29, 1.82) is 0 Å². The van der Waals surface area contributed by atoms with Crippen molar-refractivity contribution in [2.24, 2.45) is 0 Å². The molecular formula is C14H9BrF2O2. The van der Waals surface area contributed by atoms with Gasteiger partial charge in [0.15, 0.2) is 28.9 Å². The molecule has 0 amide bonds. The number of hydrogen-bond donors (Lipinski definition) is 0. The van der Waals surface area contributed by atoms with Crippen molar-refractivity contribution in [2.75, 3.05) is 0 Å². The summed E-state index contributed by atoms with van der Waals surface area (Å²) >= 11 is 3.11. The van der Waals surface area contributed by atoms with Crippen molar-refractivity contribution in [3.05, 3.63) is 58.1 Å². The SMILES string of the molecule is CC(=O)c1ccc(Oc2ccc(Br)cc2F)c(F)c1. The van der Waals surface area contributed by atoms with Gasteiger partial charge in [0, 0.05) is 10.0 Å². The minimum atomic E-state index is -0.713. The van der Waals surface area contributed by atoms with Gasteiger partial charge in [-0.1, -0.05) is 15.9 Å². The van der Waals surface area contributed by atoms with Crippen LogP contribution in [0.25, 0.3) is 0 Å². The van der Waals surface area contributed by atoms with Crippen molar-refractivity contribution in [2.45, 2.75) is 6.92 Å². The Morgan fingerprint density at radius 2 is 1.63 bits per heavy atom. The number of Topliss-reactive ketones (excluding diaryl/α,β-unsaturated/α-hetero) is 1. The molecule has 5 heteroatoms. The number of carbonyl (C=O) groups excluding carboxylic acids is 1. The van der Waals surface area contributed by atoms with E-state index in [2.05, 4.69) is 15.9 Å². The van der Waals surface area contributed by atoms with Crippen LogP contribution < -0.4 is 4.74 Å². The Balaban J connectivity index is 2.31. The zero-order chi connectivity index (χ0) is 14.0. The van der Waals surface area contributed by atoms with Crippen LogP contribution >= 0.6 is 15.9 Å². The summed E-state index contributed by atoms with van der Waals surface area (Å²) in [5.74, 6) is -1.79. The monoisotopic (exact) mass is 326 g/mol. The first-order chi connectivity index (χ1) is 8.97. The van der Waals surface area contributed by atoms with Gasteiger partial charge in [-0.2, -0.15) is 0 Å². The Morgan fingerprint density at radius 3 is 2.16 bits per heavy atom. The summed E-state index contributed by atoms with van der Waals surface area (Å²) in [7, 11) is 0. The highest BCUT2D eigenvalue weighted by Gasteiger charge is 2.11. The van der Waals surface area contributed by atoms with E-state index in [1.54, 1.807) is 6.07 Å². The summed E-state index contributed by atoms with van der Waals surface area (Å²) in [5, 5.41) is 0. The molecule has 0 heterocycles. The lowest BCUT2D eigenvalue weighted by Gasteiger charge is -2.08. The van der Waals surface area contributed by atoms with Crippen molar-refractivity contribution >= 4 is 21.7 Å². The molecule has 2 aromatic rings. The van der Waals surface area contributed by atoms with E-state index in [-0.39, 0.29) is 22.8 Å². The van der Waals surface area contributed by atoms with E-state index >= 15 is 0 Å². The highest BCUT2D eigenvalue weighted by Crippen LogP contribution is 2.29. The van der Waals surface area contributed by atoms with E-state index in [4.69, 9.17) is 4.74 Å². The highest BCUT2D eigenvalue weighted by molar-refractivity contribution is 9.10. The highest BCUT2D eigenvalue weighted by atomic mass is 79.9. The number of halogens is 3. The Labute approximate surface area is 117 Å². The Morgan fingerprint density at radius 1 is 1.05 bits per heavy atom. The van der Waals surface area contributed by atoms with Crippen LogP contribution in [-0.4, -0.2) is 5.78 Å². The van der Waals surface area contributed by atoms with Crippen LogP contribution in [0.4, 0.5) is 8.78 Å². The first-order valence-electron chi connectivity index (χ1n) is 5.41.